The molecule has 3 aromatic carbocycles. The summed E-state index contributed by atoms with van der Waals surface area (Å²) in [5.41, 5.74) is 1.66. The molecule has 156 valence electrons. The maximum atomic E-state index is 12.7. The Morgan fingerprint density at radius 3 is 2.43 bits per heavy atom. The molecule has 0 radical (unpaired) electrons. The number of carbonyl (C=O) groups excluding carboxylic acids is 1. The Morgan fingerprint density at radius 1 is 1.00 bits per heavy atom. The van der Waals surface area contributed by atoms with Gasteiger partial charge in [-0.15, -0.1) is 0 Å². The topological polar surface area (TPSA) is 84.5 Å². The lowest BCUT2D eigenvalue weighted by Crippen LogP contribution is -2.26. The highest BCUT2D eigenvalue weighted by Crippen LogP contribution is 2.20. The maximum Gasteiger partial charge on any atom is 0.261 e. The molecule has 0 saturated heterocycles. The number of benzene rings is 3. The summed E-state index contributed by atoms with van der Waals surface area (Å²) in [5.74, 6) is 0.271. The number of carbonyl (C=O) groups is 1. The van der Waals surface area contributed by atoms with Crippen LogP contribution in [0.1, 0.15) is 15.9 Å². The van der Waals surface area contributed by atoms with Crippen molar-refractivity contribution in [3.63, 3.8) is 0 Å². The van der Waals surface area contributed by atoms with Gasteiger partial charge in [0.15, 0.2) is 0 Å². The predicted octanol–water partition coefficient (Wildman–Crippen LogP) is 4.12. The van der Waals surface area contributed by atoms with E-state index in [2.05, 4.69) is 10.0 Å². The average molecular weight is 445 g/mol. The molecular weight excluding hydrogens is 424 g/mol. The van der Waals surface area contributed by atoms with Crippen molar-refractivity contribution in [2.24, 2.45) is 0 Å². The zero-order valence-corrected chi connectivity index (χ0v) is 17.8. The monoisotopic (exact) mass is 444 g/mol. The Hall–Kier alpha value is -3.03. The molecule has 0 unspecified atom stereocenters. The van der Waals surface area contributed by atoms with Crippen molar-refractivity contribution in [3.8, 4) is 5.75 Å². The largest absolute Gasteiger partial charge is 0.497 e. The standard InChI is InChI=1S/C22H21ClN2O4S/c1-29-20-10-8-19(9-11-20)25-30(27,28)21-7-3-5-17(15-21)22(26)24-13-12-16-4-2-6-18(23)14-16/h2-11,14-15,25H,12-13H2,1H3,(H,24,26). The van der Waals surface area contributed by atoms with E-state index >= 15 is 0 Å². The van der Waals surface area contributed by atoms with Crippen molar-refractivity contribution in [2.45, 2.75) is 11.3 Å². The summed E-state index contributed by atoms with van der Waals surface area (Å²) in [6.07, 6.45) is 0.614. The summed E-state index contributed by atoms with van der Waals surface area (Å²) in [4.78, 5) is 12.4. The first-order chi connectivity index (χ1) is 14.4. The molecule has 30 heavy (non-hydrogen) atoms. The quantitative estimate of drug-likeness (QED) is 0.547. The minimum atomic E-state index is -3.84. The summed E-state index contributed by atoms with van der Waals surface area (Å²) >= 11 is 5.96. The number of rotatable bonds is 8. The van der Waals surface area contributed by atoms with Gasteiger partial charge in [-0.3, -0.25) is 9.52 Å². The average Bonchev–Trinajstić information content (AvgIpc) is 2.74. The molecular formula is C22H21ClN2O4S. The molecule has 0 aliphatic heterocycles. The van der Waals surface area contributed by atoms with Crippen LogP contribution in [-0.2, 0) is 16.4 Å². The first-order valence-corrected chi connectivity index (χ1v) is 11.0. The van der Waals surface area contributed by atoms with Crippen molar-refractivity contribution in [2.75, 3.05) is 18.4 Å². The van der Waals surface area contributed by atoms with Gasteiger partial charge in [0.05, 0.1) is 12.0 Å². The second-order valence-electron chi connectivity index (χ2n) is 6.50. The number of ether oxygens (including phenoxy) is 1. The molecule has 0 spiro atoms. The van der Waals surface area contributed by atoms with Crippen LogP contribution in [0.5, 0.6) is 5.75 Å². The Kier molecular flexibility index (Phi) is 6.97. The van der Waals surface area contributed by atoms with E-state index in [1.807, 2.05) is 18.2 Å². The first kappa shape index (κ1) is 21.7. The number of hydrogen-bond acceptors (Lipinski definition) is 4. The maximum absolute atomic E-state index is 12.7. The lowest BCUT2D eigenvalue weighted by molar-refractivity contribution is 0.0954. The molecule has 1 amide bonds. The van der Waals surface area contributed by atoms with Crippen LogP contribution < -0.4 is 14.8 Å². The molecule has 0 saturated carbocycles. The van der Waals surface area contributed by atoms with Gasteiger partial charge in [-0.25, -0.2) is 8.42 Å². The minimum absolute atomic E-state index is 0.000749. The van der Waals surface area contributed by atoms with Crippen LogP contribution in [0.2, 0.25) is 5.02 Å². The highest BCUT2D eigenvalue weighted by atomic mass is 35.5. The third-order valence-electron chi connectivity index (χ3n) is 4.34. The van der Waals surface area contributed by atoms with Crippen LogP contribution in [0.25, 0.3) is 0 Å². The normalized spacial score (nSPS) is 11.0. The zero-order chi connectivity index (χ0) is 21.6. The van der Waals surface area contributed by atoms with Gasteiger partial charge in [-0.05, 0) is 66.6 Å². The molecule has 3 rings (SSSR count). The Morgan fingerprint density at radius 2 is 1.73 bits per heavy atom. The number of anilines is 1. The van der Waals surface area contributed by atoms with Crippen molar-refractivity contribution < 1.29 is 17.9 Å². The molecule has 0 aliphatic rings. The van der Waals surface area contributed by atoms with Gasteiger partial charge in [0.1, 0.15) is 5.75 Å². The van der Waals surface area contributed by atoms with Gasteiger partial charge >= 0.3 is 0 Å². The van der Waals surface area contributed by atoms with Gasteiger partial charge in [0.25, 0.3) is 15.9 Å². The van der Waals surface area contributed by atoms with E-state index in [-0.39, 0.29) is 16.4 Å². The van der Waals surface area contributed by atoms with Crippen LogP contribution in [-0.4, -0.2) is 28.0 Å². The van der Waals surface area contributed by atoms with Gasteiger partial charge in [-0.1, -0.05) is 29.8 Å². The predicted molar refractivity (Wildman–Crippen MR) is 118 cm³/mol. The highest BCUT2D eigenvalue weighted by molar-refractivity contribution is 7.92. The van der Waals surface area contributed by atoms with Gasteiger partial charge in [0, 0.05) is 22.8 Å². The van der Waals surface area contributed by atoms with E-state index in [0.717, 1.165) is 5.56 Å². The molecule has 0 bridgehead atoms. The van der Waals surface area contributed by atoms with Gasteiger partial charge < -0.3 is 10.1 Å². The zero-order valence-electron chi connectivity index (χ0n) is 16.3. The van der Waals surface area contributed by atoms with Crippen molar-refractivity contribution in [1.82, 2.24) is 5.32 Å². The van der Waals surface area contributed by atoms with E-state index in [1.165, 1.54) is 25.3 Å². The van der Waals surface area contributed by atoms with E-state index < -0.39 is 10.0 Å². The first-order valence-electron chi connectivity index (χ1n) is 9.17. The van der Waals surface area contributed by atoms with E-state index in [9.17, 15) is 13.2 Å². The van der Waals surface area contributed by atoms with Crippen LogP contribution in [0.15, 0.2) is 77.7 Å². The molecule has 0 heterocycles. The third-order valence-corrected chi connectivity index (χ3v) is 5.95. The minimum Gasteiger partial charge on any atom is -0.497 e. The number of sulfonamides is 1. The van der Waals surface area contributed by atoms with Crippen molar-refractivity contribution in [3.05, 3.63) is 88.9 Å². The molecule has 0 fully saturated rings. The van der Waals surface area contributed by atoms with E-state index in [1.54, 1.807) is 36.4 Å². The molecule has 6 nitrogen and oxygen atoms in total. The smallest absolute Gasteiger partial charge is 0.261 e. The molecule has 3 aromatic rings. The molecule has 0 atom stereocenters. The molecule has 0 aromatic heterocycles. The van der Waals surface area contributed by atoms with Crippen LogP contribution in [0.3, 0.4) is 0 Å². The lowest BCUT2D eigenvalue weighted by Gasteiger charge is -2.10. The number of hydrogen-bond donors (Lipinski definition) is 2. The number of halogens is 1. The fourth-order valence-electron chi connectivity index (χ4n) is 2.79. The second-order valence-corrected chi connectivity index (χ2v) is 8.62. The fourth-order valence-corrected chi connectivity index (χ4v) is 4.11. The summed E-state index contributed by atoms with van der Waals surface area (Å²) in [7, 11) is -2.31. The van der Waals surface area contributed by atoms with Crippen LogP contribution in [0.4, 0.5) is 5.69 Å². The molecule has 2 N–H and O–H groups in total. The summed E-state index contributed by atoms with van der Waals surface area (Å²) in [5, 5.41) is 3.44. The highest BCUT2D eigenvalue weighted by Gasteiger charge is 2.16. The molecule has 8 heteroatoms. The Labute approximate surface area is 180 Å². The SMILES string of the molecule is COc1ccc(NS(=O)(=O)c2cccc(C(=O)NCCc3cccc(Cl)c3)c2)cc1. The molecule has 0 aliphatic carbocycles. The summed E-state index contributed by atoms with van der Waals surface area (Å²) in [6, 6.07) is 19.8. The van der Waals surface area contributed by atoms with Crippen molar-refractivity contribution in [1.29, 1.82) is 0 Å². The second kappa shape index (κ2) is 9.65. The Bertz CT molecular complexity index is 1130. The fraction of sp³-hybridized carbons (Fsp3) is 0.136. The Balaban J connectivity index is 1.65. The van der Waals surface area contributed by atoms with Gasteiger partial charge in [-0.2, -0.15) is 0 Å². The number of amides is 1. The van der Waals surface area contributed by atoms with E-state index in [4.69, 9.17) is 16.3 Å². The number of methoxy groups -OCH3 is 1. The number of nitrogens with one attached hydrogen (secondary N) is 2. The lowest BCUT2D eigenvalue weighted by atomic mass is 10.1. The van der Waals surface area contributed by atoms with Crippen LogP contribution >= 0.6 is 11.6 Å². The van der Waals surface area contributed by atoms with Gasteiger partial charge in [0.2, 0.25) is 0 Å². The summed E-state index contributed by atoms with van der Waals surface area (Å²) < 4.78 is 32.9. The van der Waals surface area contributed by atoms with E-state index in [0.29, 0.717) is 29.4 Å². The van der Waals surface area contributed by atoms with Crippen molar-refractivity contribution >= 4 is 33.2 Å². The van der Waals surface area contributed by atoms with Crippen LogP contribution in [0, 0.1) is 0 Å². The summed E-state index contributed by atoms with van der Waals surface area (Å²) in [6.45, 7) is 0.403. The third kappa shape index (κ3) is 5.75.